The third-order valence-corrected chi connectivity index (χ3v) is 3.85. The first-order valence-corrected chi connectivity index (χ1v) is 7.60. The summed E-state index contributed by atoms with van der Waals surface area (Å²) in [4.78, 5) is 0. The third kappa shape index (κ3) is 3.85. The van der Waals surface area contributed by atoms with Crippen molar-refractivity contribution < 1.29 is 4.74 Å². The van der Waals surface area contributed by atoms with Crippen molar-refractivity contribution in [1.29, 1.82) is 0 Å². The van der Waals surface area contributed by atoms with Gasteiger partial charge >= 0.3 is 0 Å². The zero-order valence-corrected chi connectivity index (χ0v) is 13.3. The maximum absolute atomic E-state index is 5.22. The van der Waals surface area contributed by atoms with Crippen LogP contribution in [0, 0.1) is 0 Å². The Morgan fingerprint density at radius 1 is 1.19 bits per heavy atom. The molecule has 0 saturated heterocycles. The highest BCUT2D eigenvalue weighted by Gasteiger charge is 2.15. The minimum absolute atomic E-state index is 0.275. The maximum atomic E-state index is 5.22. The number of aryl methyl sites for hydroxylation is 1. The second kappa shape index (κ2) is 7.27. The van der Waals surface area contributed by atoms with Crippen molar-refractivity contribution in [2.75, 3.05) is 7.11 Å². The van der Waals surface area contributed by atoms with Crippen LogP contribution in [0.5, 0.6) is 5.75 Å². The molecule has 4 nitrogen and oxygen atoms in total. The fourth-order valence-corrected chi connectivity index (χ4v) is 2.46. The van der Waals surface area contributed by atoms with E-state index in [1.54, 1.807) is 7.11 Å². The average molecular weight is 287 g/mol. The summed E-state index contributed by atoms with van der Waals surface area (Å²) in [5.74, 6) is 0.894. The highest BCUT2D eigenvalue weighted by molar-refractivity contribution is 5.29. The highest BCUT2D eigenvalue weighted by atomic mass is 16.5. The first-order valence-electron chi connectivity index (χ1n) is 7.60. The van der Waals surface area contributed by atoms with Crippen LogP contribution in [0.2, 0.25) is 0 Å². The van der Waals surface area contributed by atoms with Gasteiger partial charge in [0.25, 0.3) is 0 Å². The minimum atomic E-state index is 0.275. The highest BCUT2D eigenvalue weighted by Crippen LogP contribution is 2.23. The molecular formula is C17H25N3O. The van der Waals surface area contributed by atoms with E-state index < -0.39 is 0 Å². The van der Waals surface area contributed by atoms with Crippen molar-refractivity contribution >= 4 is 0 Å². The third-order valence-electron chi connectivity index (χ3n) is 3.85. The Balaban J connectivity index is 2.06. The molecule has 21 heavy (non-hydrogen) atoms. The minimum Gasteiger partial charge on any atom is -0.497 e. The van der Waals surface area contributed by atoms with Crippen LogP contribution in [0.15, 0.2) is 36.7 Å². The fraction of sp³-hybridized carbons (Fsp3) is 0.471. The first-order chi connectivity index (χ1) is 10.2. The quantitative estimate of drug-likeness (QED) is 0.843. The summed E-state index contributed by atoms with van der Waals surface area (Å²) in [5, 5.41) is 8.02. The molecule has 1 aromatic carbocycles. The first kappa shape index (κ1) is 15.6. The van der Waals surface area contributed by atoms with Crippen molar-refractivity contribution in [3.05, 3.63) is 47.8 Å². The lowest BCUT2D eigenvalue weighted by molar-refractivity contribution is 0.413. The molecule has 0 bridgehead atoms. The van der Waals surface area contributed by atoms with Crippen LogP contribution < -0.4 is 10.1 Å². The van der Waals surface area contributed by atoms with Gasteiger partial charge in [0.2, 0.25) is 0 Å². The van der Waals surface area contributed by atoms with Crippen molar-refractivity contribution in [2.45, 2.75) is 45.8 Å². The summed E-state index contributed by atoms with van der Waals surface area (Å²) in [5.41, 5.74) is 2.51. The molecule has 0 fully saturated rings. The van der Waals surface area contributed by atoms with Gasteiger partial charge in [-0.05, 0) is 38.0 Å². The Hall–Kier alpha value is -1.81. The second-order valence-electron chi connectivity index (χ2n) is 5.25. The van der Waals surface area contributed by atoms with E-state index in [9.17, 15) is 0 Å². The van der Waals surface area contributed by atoms with Gasteiger partial charge < -0.3 is 10.1 Å². The molecule has 0 radical (unpaired) electrons. The smallest absolute Gasteiger partial charge is 0.118 e. The van der Waals surface area contributed by atoms with Gasteiger partial charge in [-0.1, -0.05) is 19.1 Å². The molecule has 0 amide bonds. The van der Waals surface area contributed by atoms with Gasteiger partial charge in [-0.3, -0.25) is 4.68 Å². The van der Waals surface area contributed by atoms with E-state index in [0.29, 0.717) is 6.04 Å². The summed E-state index contributed by atoms with van der Waals surface area (Å²) in [7, 11) is 1.69. The van der Waals surface area contributed by atoms with E-state index in [0.717, 1.165) is 18.7 Å². The zero-order valence-electron chi connectivity index (χ0n) is 13.3. The predicted octanol–water partition coefficient (Wildman–Crippen LogP) is 3.71. The lowest BCUT2D eigenvalue weighted by atomic mass is 10.0. The topological polar surface area (TPSA) is 39.1 Å². The van der Waals surface area contributed by atoms with Crippen LogP contribution in [0.25, 0.3) is 0 Å². The summed E-state index contributed by atoms with van der Waals surface area (Å²) in [6.07, 6.45) is 5.10. The Morgan fingerprint density at radius 3 is 2.43 bits per heavy atom. The number of nitrogens with one attached hydrogen (secondary N) is 1. The van der Waals surface area contributed by atoms with Gasteiger partial charge in [-0.15, -0.1) is 0 Å². The summed E-state index contributed by atoms with van der Waals surface area (Å²) >= 11 is 0. The fourth-order valence-electron chi connectivity index (χ4n) is 2.46. The molecule has 1 heterocycles. The standard InChI is InChI=1S/C17H25N3O/c1-5-17(14-7-9-16(21-4)10-8-14)19-13(3)15-11-18-20(6-2)12-15/h7-13,17,19H,5-6H2,1-4H3. The lowest BCUT2D eigenvalue weighted by Gasteiger charge is -2.22. The van der Waals surface area contributed by atoms with Crippen LogP contribution in [-0.2, 0) is 6.54 Å². The van der Waals surface area contributed by atoms with E-state index in [2.05, 4.69) is 49.5 Å². The number of methoxy groups -OCH3 is 1. The Labute approximate surface area is 127 Å². The van der Waals surface area contributed by atoms with Gasteiger partial charge in [0.1, 0.15) is 5.75 Å². The van der Waals surface area contributed by atoms with Crippen molar-refractivity contribution in [3.63, 3.8) is 0 Å². The van der Waals surface area contributed by atoms with Crippen molar-refractivity contribution in [3.8, 4) is 5.75 Å². The van der Waals surface area contributed by atoms with Gasteiger partial charge in [-0.25, -0.2) is 0 Å². The van der Waals surface area contributed by atoms with Crippen LogP contribution >= 0.6 is 0 Å². The number of ether oxygens (including phenoxy) is 1. The van der Waals surface area contributed by atoms with E-state index in [1.807, 2.05) is 23.0 Å². The number of hydrogen-bond donors (Lipinski definition) is 1. The zero-order chi connectivity index (χ0) is 15.2. The van der Waals surface area contributed by atoms with Crippen LogP contribution in [0.4, 0.5) is 0 Å². The molecule has 4 heteroatoms. The monoisotopic (exact) mass is 287 g/mol. The molecule has 0 saturated carbocycles. The number of nitrogens with zero attached hydrogens (tertiary/aromatic N) is 2. The SMILES string of the molecule is CCC(NC(C)c1cnn(CC)c1)c1ccc(OC)cc1. The van der Waals surface area contributed by atoms with E-state index in [-0.39, 0.29) is 6.04 Å². The molecule has 0 aliphatic heterocycles. The summed E-state index contributed by atoms with van der Waals surface area (Å²) in [6, 6.07) is 8.89. The Morgan fingerprint density at radius 2 is 1.90 bits per heavy atom. The second-order valence-corrected chi connectivity index (χ2v) is 5.25. The molecule has 0 spiro atoms. The molecule has 0 aliphatic rings. The molecule has 1 aromatic heterocycles. The molecule has 2 rings (SSSR count). The Kier molecular flexibility index (Phi) is 5.39. The molecule has 114 valence electrons. The molecular weight excluding hydrogens is 262 g/mol. The van der Waals surface area contributed by atoms with Gasteiger partial charge in [-0.2, -0.15) is 5.10 Å². The molecule has 2 aromatic rings. The molecule has 1 N–H and O–H groups in total. The van der Waals surface area contributed by atoms with Crippen molar-refractivity contribution in [1.82, 2.24) is 15.1 Å². The maximum Gasteiger partial charge on any atom is 0.118 e. The van der Waals surface area contributed by atoms with E-state index in [1.165, 1.54) is 11.1 Å². The number of rotatable bonds is 7. The van der Waals surface area contributed by atoms with E-state index >= 15 is 0 Å². The average Bonchev–Trinajstić information content (AvgIpc) is 3.01. The van der Waals surface area contributed by atoms with Gasteiger partial charge in [0.05, 0.1) is 13.3 Å². The van der Waals surface area contributed by atoms with Crippen LogP contribution in [-0.4, -0.2) is 16.9 Å². The van der Waals surface area contributed by atoms with Crippen molar-refractivity contribution in [2.24, 2.45) is 0 Å². The molecule has 2 unspecified atom stereocenters. The van der Waals surface area contributed by atoms with Crippen LogP contribution in [0.1, 0.15) is 50.4 Å². The summed E-state index contributed by atoms with van der Waals surface area (Å²) in [6.45, 7) is 7.39. The number of benzene rings is 1. The number of aromatic nitrogens is 2. The van der Waals surface area contributed by atoms with E-state index in [4.69, 9.17) is 4.74 Å². The number of hydrogen-bond acceptors (Lipinski definition) is 3. The largest absolute Gasteiger partial charge is 0.497 e. The molecule has 0 aliphatic carbocycles. The lowest BCUT2D eigenvalue weighted by Crippen LogP contribution is -2.24. The van der Waals surface area contributed by atoms with Gasteiger partial charge in [0, 0.05) is 30.4 Å². The summed E-state index contributed by atoms with van der Waals surface area (Å²) < 4.78 is 7.18. The Bertz CT molecular complexity index is 547. The van der Waals surface area contributed by atoms with Crippen LogP contribution in [0.3, 0.4) is 0 Å². The van der Waals surface area contributed by atoms with Gasteiger partial charge in [0.15, 0.2) is 0 Å². The predicted molar refractivity (Wildman–Crippen MR) is 85.5 cm³/mol. The molecule has 2 atom stereocenters. The normalized spacial score (nSPS) is 13.9.